The first-order valence-corrected chi connectivity index (χ1v) is 10.5. The lowest BCUT2D eigenvalue weighted by molar-refractivity contribution is 0.527. The molecule has 152 valence electrons. The van der Waals surface area contributed by atoms with E-state index in [1.165, 1.54) is 0 Å². The Morgan fingerprint density at radius 1 is 0.967 bits per heavy atom. The van der Waals surface area contributed by atoms with Gasteiger partial charge in [0, 0.05) is 17.8 Å². The summed E-state index contributed by atoms with van der Waals surface area (Å²) in [5.41, 5.74) is 4.20. The predicted molar refractivity (Wildman–Crippen MR) is 116 cm³/mol. The smallest absolute Gasteiger partial charge is 0.153 e. The Morgan fingerprint density at radius 2 is 1.70 bits per heavy atom. The van der Waals surface area contributed by atoms with Crippen molar-refractivity contribution in [3.05, 3.63) is 89.4 Å². The number of hydrogen-bond donors (Lipinski definition) is 2. The van der Waals surface area contributed by atoms with Gasteiger partial charge in [0.1, 0.15) is 16.9 Å². The van der Waals surface area contributed by atoms with E-state index in [4.69, 9.17) is 0 Å². The molecule has 8 heteroatoms. The van der Waals surface area contributed by atoms with Gasteiger partial charge in [0.25, 0.3) is 0 Å². The molecule has 2 aromatic carbocycles. The van der Waals surface area contributed by atoms with Gasteiger partial charge in [-0.1, -0.05) is 60.2 Å². The van der Waals surface area contributed by atoms with Gasteiger partial charge in [-0.3, -0.25) is 9.31 Å². The molecule has 0 fully saturated rings. The molecule has 0 saturated heterocycles. The summed E-state index contributed by atoms with van der Waals surface area (Å²) in [4.78, 5) is 8.84. The molecule has 4 rings (SSSR count). The molecule has 0 radical (unpaired) electrons. The van der Waals surface area contributed by atoms with Gasteiger partial charge in [0.2, 0.25) is 0 Å². The van der Waals surface area contributed by atoms with Crippen molar-refractivity contribution >= 4 is 22.7 Å². The van der Waals surface area contributed by atoms with Crippen LogP contribution in [0.15, 0.2) is 66.7 Å². The van der Waals surface area contributed by atoms with E-state index in [0.29, 0.717) is 22.9 Å². The molecule has 2 aromatic heterocycles. The minimum absolute atomic E-state index is 0.216. The molecule has 0 bridgehead atoms. The molecule has 0 saturated carbocycles. The van der Waals surface area contributed by atoms with Crippen molar-refractivity contribution < 1.29 is 8.76 Å². The number of anilines is 2. The SMILES string of the molecule is Cc1ccc(C(c2nc(C)cc(Nc3cc(-c4ccccc4)[nH]n3)n2)S(=O)[O-])cc1. The molecule has 0 spiro atoms. The fraction of sp³-hybridized carbons (Fsp3) is 0.136. The number of rotatable bonds is 6. The van der Waals surface area contributed by atoms with Crippen molar-refractivity contribution in [2.75, 3.05) is 5.32 Å². The highest BCUT2D eigenvalue weighted by molar-refractivity contribution is 7.79. The fourth-order valence-electron chi connectivity index (χ4n) is 3.14. The van der Waals surface area contributed by atoms with Crippen LogP contribution in [-0.2, 0) is 11.1 Å². The van der Waals surface area contributed by atoms with Crippen LogP contribution in [0.5, 0.6) is 0 Å². The molecular weight excluding hydrogens is 398 g/mol. The van der Waals surface area contributed by atoms with Crippen molar-refractivity contribution in [2.24, 2.45) is 0 Å². The van der Waals surface area contributed by atoms with Crippen LogP contribution in [0.1, 0.15) is 27.9 Å². The van der Waals surface area contributed by atoms with Crippen LogP contribution in [0.3, 0.4) is 0 Å². The van der Waals surface area contributed by atoms with E-state index in [1.807, 2.05) is 55.5 Å². The van der Waals surface area contributed by atoms with E-state index in [9.17, 15) is 8.76 Å². The Bertz CT molecular complexity index is 1180. The van der Waals surface area contributed by atoms with Crippen LogP contribution < -0.4 is 5.32 Å². The van der Waals surface area contributed by atoms with Crippen molar-refractivity contribution in [1.29, 1.82) is 0 Å². The second-order valence-electron chi connectivity index (χ2n) is 6.96. The minimum Gasteiger partial charge on any atom is -0.772 e. The summed E-state index contributed by atoms with van der Waals surface area (Å²) in [6.45, 7) is 3.75. The zero-order valence-electron chi connectivity index (χ0n) is 16.5. The zero-order chi connectivity index (χ0) is 21.1. The number of aromatic amines is 1. The molecule has 30 heavy (non-hydrogen) atoms. The van der Waals surface area contributed by atoms with Crippen molar-refractivity contribution in [3.63, 3.8) is 0 Å². The Balaban J connectivity index is 1.64. The van der Waals surface area contributed by atoms with Crippen LogP contribution in [0.25, 0.3) is 11.3 Å². The largest absolute Gasteiger partial charge is 0.772 e. The molecule has 2 N–H and O–H groups in total. The average molecular weight is 419 g/mol. The zero-order valence-corrected chi connectivity index (χ0v) is 17.3. The lowest BCUT2D eigenvalue weighted by Crippen LogP contribution is -2.13. The highest BCUT2D eigenvalue weighted by Crippen LogP contribution is 2.27. The maximum Gasteiger partial charge on any atom is 0.153 e. The number of nitrogens with one attached hydrogen (secondary N) is 2. The Hall–Kier alpha value is -3.36. The van der Waals surface area contributed by atoms with Crippen LogP contribution in [0.4, 0.5) is 11.6 Å². The third-order valence-corrected chi connectivity index (χ3v) is 5.47. The summed E-state index contributed by atoms with van der Waals surface area (Å²) < 4.78 is 24.0. The maximum atomic E-state index is 12.0. The van der Waals surface area contributed by atoms with Gasteiger partial charge in [-0.25, -0.2) is 9.97 Å². The number of aromatic nitrogens is 4. The first kappa shape index (κ1) is 19.9. The van der Waals surface area contributed by atoms with Crippen LogP contribution in [0.2, 0.25) is 0 Å². The standard InChI is InChI=1S/C22H21N5O2S/c1-14-8-10-17(11-9-14)21(30(28)29)22-23-15(2)12-19(25-22)24-20-13-18(26-27-20)16-6-4-3-5-7-16/h3-13,21H,1-2H3,(H,28,29)(H2,23,24,25,26,27)/p-1. The Morgan fingerprint density at radius 3 is 2.40 bits per heavy atom. The topological polar surface area (TPSA) is 107 Å². The van der Waals surface area contributed by atoms with Gasteiger partial charge < -0.3 is 9.87 Å². The number of nitrogens with zero attached hydrogens (tertiary/aromatic N) is 3. The Kier molecular flexibility index (Phi) is 5.69. The van der Waals surface area contributed by atoms with E-state index in [-0.39, 0.29) is 5.82 Å². The van der Waals surface area contributed by atoms with Gasteiger partial charge in [0.05, 0.1) is 5.69 Å². The first-order chi connectivity index (χ1) is 14.5. The molecule has 0 aliphatic carbocycles. The van der Waals surface area contributed by atoms with Crippen LogP contribution in [0, 0.1) is 13.8 Å². The van der Waals surface area contributed by atoms with Crippen molar-refractivity contribution in [3.8, 4) is 11.3 Å². The monoisotopic (exact) mass is 418 g/mol. The number of hydrogen-bond acceptors (Lipinski definition) is 6. The summed E-state index contributed by atoms with van der Waals surface area (Å²) >= 11 is -2.42. The summed E-state index contributed by atoms with van der Waals surface area (Å²) in [5, 5.41) is 9.45. The highest BCUT2D eigenvalue weighted by atomic mass is 32.2. The van der Waals surface area contributed by atoms with E-state index in [1.54, 1.807) is 25.1 Å². The van der Waals surface area contributed by atoms with E-state index in [2.05, 4.69) is 25.5 Å². The maximum absolute atomic E-state index is 12.0. The van der Waals surface area contributed by atoms with Gasteiger partial charge in [-0.05, 0) is 36.1 Å². The van der Waals surface area contributed by atoms with Gasteiger partial charge in [-0.15, -0.1) is 0 Å². The molecule has 4 aromatic rings. The van der Waals surface area contributed by atoms with Gasteiger partial charge >= 0.3 is 0 Å². The lowest BCUT2D eigenvalue weighted by atomic mass is 10.1. The summed E-state index contributed by atoms with van der Waals surface area (Å²) in [6, 6.07) is 20.8. The second kappa shape index (κ2) is 8.56. The van der Waals surface area contributed by atoms with Crippen LogP contribution in [-0.4, -0.2) is 28.9 Å². The molecule has 0 aliphatic rings. The van der Waals surface area contributed by atoms with Gasteiger partial charge in [-0.2, -0.15) is 5.10 Å². The molecule has 0 amide bonds. The number of aryl methyl sites for hydroxylation is 2. The lowest BCUT2D eigenvalue weighted by Gasteiger charge is -2.20. The Labute approximate surface area is 176 Å². The summed E-state index contributed by atoms with van der Waals surface area (Å²) in [7, 11) is 0. The molecule has 2 heterocycles. The number of benzene rings is 2. The van der Waals surface area contributed by atoms with E-state index < -0.39 is 16.3 Å². The highest BCUT2D eigenvalue weighted by Gasteiger charge is 2.20. The molecular formula is C22H20N5O2S-. The fourth-order valence-corrected chi connectivity index (χ4v) is 3.80. The predicted octanol–water partition coefficient (Wildman–Crippen LogP) is 4.20. The first-order valence-electron chi connectivity index (χ1n) is 9.37. The number of H-pyrrole nitrogens is 1. The third-order valence-electron chi connectivity index (χ3n) is 4.60. The van der Waals surface area contributed by atoms with E-state index in [0.717, 1.165) is 16.8 Å². The van der Waals surface area contributed by atoms with Gasteiger partial charge in [0.15, 0.2) is 5.82 Å². The second-order valence-corrected chi connectivity index (χ2v) is 7.95. The van der Waals surface area contributed by atoms with Crippen LogP contribution >= 0.6 is 0 Å². The normalized spacial score (nSPS) is 13.0. The molecule has 0 aliphatic heterocycles. The molecule has 2 unspecified atom stereocenters. The molecule has 2 atom stereocenters. The summed E-state index contributed by atoms with van der Waals surface area (Å²) in [5.74, 6) is 1.27. The van der Waals surface area contributed by atoms with E-state index >= 15 is 0 Å². The third kappa shape index (κ3) is 4.45. The quantitative estimate of drug-likeness (QED) is 0.455. The average Bonchev–Trinajstić information content (AvgIpc) is 3.18. The van der Waals surface area contributed by atoms with Crippen molar-refractivity contribution in [2.45, 2.75) is 19.1 Å². The summed E-state index contributed by atoms with van der Waals surface area (Å²) in [6.07, 6.45) is 0. The minimum atomic E-state index is -2.42. The molecule has 7 nitrogen and oxygen atoms in total. The van der Waals surface area contributed by atoms with Crippen molar-refractivity contribution in [1.82, 2.24) is 20.2 Å².